The molecular formula is C14H20Cl2N2. The topological polar surface area (TPSA) is 15.3 Å². The summed E-state index contributed by atoms with van der Waals surface area (Å²) < 4.78 is 0. The van der Waals surface area contributed by atoms with Crippen LogP contribution in [0.3, 0.4) is 0 Å². The number of piperazine rings is 1. The first-order valence-electron chi connectivity index (χ1n) is 6.59. The van der Waals surface area contributed by atoms with Crippen LogP contribution >= 0.6 is 23.2 Å². The molecule has 4 heteroatoms. The maximum atomic E-state index is 6.07. The second-order valence-corrected chi connectivity index (χ2v) is 5.62. The lowest BCUT2D eigenvalue weighted by Crippen LogP contribution is -2.48. The second kappa shape index (κ2) is 6.76. The van der Waals surface area contributed by atoms with Gasteiger partial charge in [0, 0.05) is 32.2 Å². The van der Waals surface area contributed by atoms with Gasteiger partial charge in [-0.2, -0.15) is 0 Å². The molecule has 18 heavy (non-hydrogen) atoms. The fourth-order valence-electron chi connectivity index (χ4n) is 2.52. The van der Waals surface area contributed by atoms with Crippen molar-refractivity contribution in [3.8, 4) is 0 Å². The first-order valence-corrected chi connectivity index (χ1v) is 7.35. The number of benzene rings is 1. The molecule has 2 rings (SSSR count). The van der Waals surface area contributed by atoms with Crippen molar-refractivity contribution in [2.24, 2.45) is 0 Å². The number of nitrogens with zero attached hydrogens (tertiary/aromatic N) is 1. The molecule has 1 aliphatic heterocycles. The second-order valence-electron chi connectivity index (χ2n) is 4.80. The molecule has 1 aromatic rings. The molecule has 1 N–H and O–H groups in total. The molecule has 1 aromatic carbocycles. The summed E-state index contributed by atoms with van der Waals surface area (Å²) in [4.78, 5) is 2.57. The van der Waals surface area contributed by atoms with Gasteiger partial charge in [0.15, 0.2) is 0 Å². The van der Waals surface area contributed by atoms with Gasteiger partial charge >= 0.3 is 0 Å². The van der Waals surface area contributed by atoms with E-state index in [0.717, 1.165) is 32.6 Å². The molecular weight excluding hydrogens is 267 g/mol. The third-order valence-electron chi connectivity index (χ3n) is 3.59. The normalized spacial score (nSPS) is 18.8. The molecule has 0 bridgehead atoms. The Hall–Kier alpha value is -0.280. The van der Waals surface area contributed by atoms with E-state index in [1.54, 1.807) is 0 Å². The SMILES string of the molecule is CCC(Cc1ccc(Cl)c(Cl)c1)N1CCNCC1. The van der Waals surface area contributed by atoms with Gasteiger partial charge in [-0.15, -0.1) is 0 Å². The molecule has 0 aromatic heterocycles. The summed E-state index contributed by atoms with van der Waals surface area (Å²) in [5, 5.41) is 4.69. The monoisotopic (exact) mass is 286 g/mol. The van der Waals surface area contributed by atoms with E-state index >= 15 is 0 Å². The molecule has 0 radical (unpaired) electrons. The Kier molecular flexibility index (Phi) is 5.31. The Morgan fingerprint density at radius 1 is 1.22 bits per heavy atom. The summed E-state index contributed by atoms with van der Waals surface area (Å²) in [7, 11) is 0. The molecule has 0 saturated carbocycles. The van der Waals surface area contributed by atoms with E-state index < -0.39 is 0 Å². The number of nitrogens with one attached hydrogen (secondary N) is 1. The van der Waals surface area contributed by atoms with E-state index in [0.29, 0.717) is 16.1 Å². The van der Waals surface area contributed by atoms with E-state index in [9.17, 15) is 0 Å². The van der Waals surface area contributed by atoms with Crippen LogP contribution in [0.15, 0.2) is 18.2 Å². The molecule has 1 fully saturated rings. The molecule has 100 valence electrons. The Bertz CT molecular complexity index is 389. The Morgan fingerprint density at radius 2 is 1.94 bits per heavy atom. The van der Waals surface area contributed by atoms with Crippen LogP contribution < -0.4 is 5.32 Å². The first kappa shape index (κ1) is 14.1. The molecule has 1 unspecified atom stereocenters. The molecule has 1 heterocycles. The summed E-state index contributed by atoms with van der Waals surface area (Å²) in [6.07, 6.45) is 2.22. The minimum absolute atomic E-state index is 0.601. The Balaban J connectivity index is 2.02. The lowest BCUT2D eigenvalue weighted by Gasteiger charge is -2.34. The van der Waals surface area contributed by atoms with E-state index in [2.05, 4.69) is 23.2 Å². The molecule has 0 amide bonds. The lowest BCUT2D eigenvalue weighted by molar-refractivity contribution is 0.167. The Morgan fingerprint density at radius 3 is 2.56 bits per heavy atom. The summed E-state index contributed by atoms with van der Waals surface area (Å²) in [5.41, 5.74) is 1.27. The van der Waals surface area contributed by atoms with Gasteiger partial charge in [0.2, 0.25) is 0 Å². The minimum atomic E-state index is 0.601. The maximum Gasteiger partial charge on any atom is 0.0595 e. The number of hydrogen-bond acceptors (Lipinski definition) is 2. The van der Waals surface area contributed by atoms with Crippen LogP contribution in [0.5, 0.6) is 0 Å². The van der Waals surface area contributed by atoms with E-state index in [1.165, 1.54) is 12.0 Å². The van der Waals surface area contributed by atoms with Crippen molar-refractivity contribution in [1.82, 2.24) is 10.2 Å². The van der Waals surface area contributed by atoms with Gasteiger partial charge in [0.25, 0.3) is 0 Å². The third-order valence-corrected chi connectivity index (χ3v) is 4.33. The van der Waals surface area contributed by atoms with Gasteiger partial charge in [-0.05, 0) is 30.5 Å². The van der Waals surface area contributed by atoms with Gasteiger partial charge in [-0.25, -0.2) is 0 Å². The number of halogens is 2. The molecule has 0 aliphatic carbocycles. The number of hydrogen-bond donors (Lipinski definition) is 1. The van der Waals surface area contributed by atoms with Gasteiger partial charge in [-0.3, -0.25) is 4.90 Å². The van der Waals surface area contributed by atoms with E-state index in [-0.39, 0.29) is 0 Å². The summed E-state index contributed by atoms with van der Waals surface area (Å²) in [5.74, 6) is 0. The van der Waals surface area contributed by atoms with Gasteiger partial charge < -0.3 is 5.32 Å². The zero-order chi connectivity index (χ0) is 13.0. The summed E-state index contributed by atoms with van der Waals surface area (Å²) in [6.45, 7) is 6.72. The van der Waals surface area contributed by atoms with Crippen molar-refractivity contribution in [2.75, 3.05) is 26.2 Å². The van der Waals surface area contributed by atoms with Gasteiger partial charge in [0.1, 0.15) is 0 Å². The highest BCUT2D eigenvalue weighted by molar-refractivity contribution is 6.42. The lowest BCUT2D eigenvalue weighted by atomic mass is 10.0. The molecule has 2 nitrogen and oxygen atoms in total. The van der Waals surface area contributed by atoms with Gasteiger partial charge in [0.05, 0.1) is 10.0 Å². The van der Waals surface area contributed by atoms with Crippen LogP contribution in [-0.4, -0.2) is 37.1 Å². The van der Waals surface area contributed by atoms with E-state index in [1.807, 2.05) is 12.1 Å². The van der Waals surface area contributed by atoms with Crippen molar-refractivity contribution >= 4 is 23.2 Å². The fraction of sp³-hybridized carbons (Fsp3) is 0.571. The van der Waals surface area contributed by atoms with Crippen LogP contribution in [0.25, 0.3) is 0 Å². The largest absolute Gasteiger partial charge is 0.314 e. The van der Waals surface area contributed by atoms with Crippen LogP contribution in [0.2, 0.25) is 10.0 Å². The van der Waals surface area contributed by atoms with Crippen LogP contribution in [0, 0.1) is 0 Å². The quantitative estimate of drug-likeness (QED) is 0.914. The maximum absolute atomic E-state index is 6.07. The average molecular weight is 287 g/mol. The van der Waals surface area contributed by atoms with Crippen molar-refractivity contribution < 1.29 is 0 Å². The molecule has 1 atom stereocenters. The van der Waals surface area contributed by atoms with Crippen molar-refractivity contribution in [3.63, 3.8) is 0 Å². The highest BCUT2D eigenvalue weighted by Crippen LogP contribution is 2.24. The zero-order valence-electron chi connectivity index (χ0n) is 10.8. The number of rotatable bonds is 4. The zero-order valence-corrected chi connectivity index (χ0v) is 12.3. The van der Waals surface area contributed by atoms with Crippen LogP contribution in [0.4, 0.5) is 0 Å². The predicted molar refractivity (Wildman–Crippen MR) is 78.7 cm³/mol. The van der Waals surface area contributed by atoms with E-state index in [4.69, 9.17) is 23.2 Å². The van der Waals surface area contributed by atoms with Crippen molar-refractivity contribution in [1.29, 1.82) is 0 Å². The van der Waals surface area contributed by atoms with Crippen molar-refractivity contribution in [2.45, 2.75) is 25.8 Å². The summed E-state index contributed by atoms with van der Waals surface area (Å²) >= 11 is 12.0. The molecule has 1 aliphatic rings. The highest BCUT2D eigenvalue weighted by Gasteiger charge is 2.19. The van der Waals surface area contributed by atoms with Crippen molar-refractivity contribution in [3.05, 3.63) is 33.8 Å². The smallest absolute Gasteiger partial charge is 0.0595 e. The molecule has 0 spiro atoms. The van der Waals surface area contributed by atoms with Crippen LogP contribution in [-0.2, 0) is 6.42 Å². The standard InChI is InChI=1S/C14H20Cl2N2/c1-2-12(18-7-5-17-6-8-18)9-11-3-4-13(15)14(16)10-11/h3-4,10,12,17H,2,5-9H2,1H3. The van der Waals surface area contributed by atoms with Crippen LogP contribution in [0.1, 0.15) is 18.9 Å². The minimum Gasteiger partial charge on any atom is -0.314 e. The average Bonchev–Trinajstić information content (AvgIpc) is 2.41. The first-order chi connectivity index (χ1) is 8.70. The highest BCUT2D eigenvalue weighted by atomic mass is 35.5. The fourth-order valence-corrected chi connectivity index (χ4v) is 2.84. The Labute approximate surface area is 119 Å². The van der Waals surface area contributed by atoms with Gasteiger partial charge in [-0.1, -0.05) is 36.2 Å². The summed E-state index contributed by atoms with van der Waals surface area (Å²) in [6, 6.07) is 6.57. The predicted octanol–water partition coefficient (Wildman–Crippen LogP) is 3.22. The third kappa shape index (κ3) is 3.61. The molecule has 1 saturated heterocycles.